The van der Waals surface area contributed by atoms with Gasteiger partial charge in [0, 0.05) is 25.6 Å². The average Bonchev–Trinajstić information content (AvgIpc) is 2.86. The third-order valence-corrected chi connectivity index (χ3v) is 4.34. The summed E-state index contributed by atoms with van der Waals surface area (Å²) in [7, 11) is 0. The number of hydrogen-bond donors (Lipinski definition) is 2. The minimum atomic E-state index is 0.202. The predicted molar refractivity (Wildman–Crippen MR) is 73.5 cm³/mol. The van der Waals surface area contributed by atoms with Gasteiger partial charge in [-0.2, -0.15) is 0 Å². The molecule has 2 saturated heterocycles. The summed E-state index contributed by atoms with van der Waals surface area (Å²) >= 11 is 0. The number of carbonyl (C=O) groups is 1. The van der Waals surface area contributed by atoms with Crippen LogP contribution in [-0.4, -0.2) is 49.6 Å². The Hall–Kier alpha value is -0.610. The number of rotatable bonds is 5. The smallest absolute Gasteiger partial charge is 0.221 e. The van der Waals surface area contributed by atoms with E-state index in [0.29, 0.717) is 6.42 Å². The van der Waals surface area contributed by atoms with Gasteiger partial charge >= 0.3 is 0 Å². The monoisotopic (exact) mass is 253 g/mol. The summed E-state index contributed by atoms with van der Waals surface area (Å²) in [6.07, 6.45) is 5.92. The zero-order valence-corrected chi connectivity index (χ0v) is 11.6. The van der Waals surface area contributed by atoms with Crippen molar-refractivity contribution in [2.75, 3.05) is 32.7 Å². The standard InChI is InChI=1S/C14H27N3O/c1-2-16-14(18)7-11-17-10-3-4-13(17)12-5-8-15-9-6-12/h12-13,15H,2-11H2,1H3,(H,16,18). The number of hydrogen-bond acceptors (Lipinski definition) is 3. The van der Waals surface area contributed by atoms with E-state index in [1.54, 1.807) is 0 Å². The van der Waals surface area contributed by atoms with Crippen LogP contribution in [0.2, 0.25) is 0 Å². The first-order chi connectivity index (χ1) is 8.81. The van der Waals surface area contributed by atoms with Crippen LogP contribution in [0.3, 0.4) is 0 Å². The third-order valence-electron chi connectivity index (χ3n) is 4.34. The molecule has 1 atom stereocenters. The van der Waals surface area contributed by atoms with Crippen molar-refractivity contribution in [3.8, 4) is 0 Å². The molecule has 0 aromatic carbocycles. The number of carbonyl (C=O) groups excluding carboxylic acids is 1. The largest absolute Gasteiger partial charge is 0.356 e. The van der Waals surface area contributed by atoms with E-state index in [9.17, 15) is 4.79 Å². The van der Waals surface area contributed by atoms with Crippen LogP contribution in [0.25, 0.3) is 0 Å². The highest BCUT2D eigenvalue weighted by atomic mass is 16.1. The van der Waals surface area contributed by atoms with E-state index in [4.69, 9.17) is 0 Å². The molecule has 0 spiro atoms. The predicted octanol–water partition coefficient (Wildman–Crippen LogP) is 0.977. The minimum Gasteiger partial charge on any atom is -0.356 e. The molecule has 1 unspecified atom stereocenters. The Bertz CT molecular complexity index is 264. The van der Waals surface area contributed by atoms with E-state index in [1.807, 2.05) is 6.92 Å². The lowest BCUT2D eigenvalue weighted by atomic mass is 9.88. The van der Waals surface area contributed by atoms with E-state index >= 15 is 0 Å². The first-order valence-corrected chi connectivity index (χ1v) is 7.52. The van der Waals surface area contributed by atoms with Crippen molar-refractivity contribution in [2.45, 2.75) is 45.1 Å². The van der Waals surface area contributed by atoms with Crippen molar-refractivity contribution < 1.29 is 4.79 Å². The lowest BCUT2D eigenvalue weighted by Crippen LogP contribution is -2.42. The molecule has 1 amide bonds. The molecule has 2 aliphatic heterocycles. The van der Waals surface area contributed by atoms with Crippen LogP contribution in [0, 0.1) is 5.92 Å². The fraction of sp³-hybridized carbons (Fsp3) is 0.929. The van der Waals surface area contributed by atoms with Gasteiger partial charge in [-0.1, -0.05) is 0 Å². The van der Waals surface area contributed by atoms with Crippen molar-refractivity contribution in [3.05, 3.63) is 0 Å². The van der Waals surface area contributed by atoms with E-state index < -0.39 is 0 Å². The fourth-order valence-electron chi connectivity index (χ4n) is 3.42. The minimum absolute atomic E-state index is 0.202. The molecule has 2 rings (SSSR count). The van der Waals surface area contributed by atoms with E-state index in [-0.39, 0.29) is 5.91 Å². The quantitative estimate of drug-likeness (QED) is 0.767. The lowest BCUT2D eigenvalue weighted by Gasteiger charge is -2.34. The highest BCUT2D eigenvalue weighted by Gasteiger charge is 2.32. The topological polar surface area (TPSA) is 44.4 Å². The van der Waals surface area contributed by atoms with Gasteiger partial charge in [0.05, 0.1) is 0 Å². The van der Waals surface area contributed by atoms with Gasteiger partial charge in [0.1, 0.15) is 0 Å². The van der Waals surface area contributed by atoms with Crippen LogP contribution in [0.1, 0.15) is 39.0 Å². The number of amides is 1. The van der Waals surface area contributed by atoms with Crippen molar-refractivity contribution in [3.63, 3.8) is 0 Å². The van der Waals surface area contributed by atoms with E-state index in [1.165, 1.54) is 45.3 Å². The van der Waals surface area contributed by atoms with Gasteiger partial charge in [-0.3, -0.25) is 9.69 Å². The van der Waals surface area contributed by atoms with Crippen molar-refractivity contribution in [2.24, 2.45) is 5.92 Å². The summed E-state index contributed by atoms with van der Waals surface area (Å²) in [5.74, 6) is 1.05. The normalized spacial score (nSPS) is 26.4. The molecule has 0 saturated carbocycles. The SMILES string of the molecule is CCNC(=O)CCN1CCCC1C1CCNCC1. The molecule has 0 aromatic heterocycles. The van der Waals surface area contributed by atoms with Crippen molar-refractivity contribution in [1.29, 1.82) is 0 Å². The van der Waals surface area contributed by atoms with Gasteiger partial charge in [-0.05, 0) is 58.2 Å². The second kappa shape index (κ2) is 7.10. The Balaban J connectivity index is 1.77. The molecule has 104 valence electrons. The third kappa shape index (κ3) is 3.69. The van der Waals surface area contributed by atoms with Crippen molar-refractivity contribution >= 4 is 5.91 Å². The summed E-state index contributed by atoms with van der Waals surface area (Å²) in [4.78, 5) is 14.1. The lowest BCUT2D eigenvalue weighted by molar-refractivity contribution is -0.121. The summed E-state index contributed by atoms with van der Waals surface area (Å²) in [5.41, 5.74) is 0. The summed E-state index contributed by atoms with van der Waals surface area (Å²) in [6, 6.07) is 0.738. The van der Waals surface area contributed by atoms with E-state index in [0.717, 1.165) is 25.0 Å². The molecule has 4 nitrogen and oxygen atoms in total. The molecule has 2 aliphatic rings. The van der Waals surface area contributed by atoms with E-state index in [2.05, 4.69) is 15.5 Å². The zero-order chi connectivity index (χ0) is 12.8. The van der Waals surface area contributed by atoms with Crippen LogP contribution in [0.15, 0.2) is 0 Å². The Morgan fingerprint density at radius 1 is 1.33 bits per heavy atom. The molecular formula is C14H27N3O. The highest BCUT2D eigenvalue weighted by Crippen LogP contribution is 2.29. The highest BCUT2D eigenvalue weighted by molar-refractivity contribution is 5.75. The van der Waals surface area contributed by atoms with Gasteiger partial charge in [-0.25, -0.2) is 0 Å². The van der Waals surface area contributed by atoms with Crippen molar-refractivity contribution in [1.82, 2.24) is 15.5 Å². The average molecular weight is 253 g/mol. The Kier molecular flexibility index (Phi) is 5.45. The molecule has 18 heavy (non-hydrogen) atoms. The van der Waals surface area contributed by atoms with Crippen LogP contribution < -0.4 is 10.6 Å². The molecule has 0 radical (unpaired) electrons. The zero-order valence-electron chi connectivity index (χ0n) is 11.6. The second-order valence-corrected chi connectivity index (χ2v) is 5.54. The number of likely N-dealkylation sites (tertiary alicyclic amines) is 1. The maximum absolute atomic E-state index is 11.5. The number of nitrogens with one attached hydrogen (secondary N) is 2. The second-order valence-electron chi connectivity index (χ2n) is 5.54. The van der Waals surface area contributed by atoms with Gasteiger partial charge < -0.3 is 10.6 Å². The number of piperidine rings is 1. The van der Waals surface area contributed by atoms with Gasteiger partial charge in [0.25, 0.3) is 0 Å². The van der Waals surface area contributed by atoms with Gasteiger partial charge in [0.2, 0.25) is 5.91 Å². The summed E-state index contributed by atoms with van der Waals surface area (Å²) < 4.78 is 0. The Morgan fingerprint density at radius 3 is 2.83 bits per heavy atom. The molecule has 0 aromatic rings. The van der Waals surface area contributed by atoms with Gasteiger partial charge in [-0.15, -0.1) is 0 Å². The van der Waals surface area contributed by atoms with Gasteiger partial charge in [0.15, 0.2) is 0 Å². The first-order valence-electron chi connectivity index (χ1n) is 7.52. The fourth-order valence-corrected chi connectivity index (χ4v) is 3.42. The molecule has 0 bridgehead atoms. The summed E-state index contributed by atoms with van der Waals surface area (Å²) in [5, 5.41) is 6.33. The maximum Gasteiger partial charge on any atom is 0.221 e. The molecule has 2 heterocycles. The van der Waals surface area contributed by atoms with Crippen LogP contribution >= 0.6 is 0 Å². The Labute approximate surface area is 110 Å². The van der Waals surface area contributed by atoms with Crippen LogP contribution in [-0.2, 0) is 4.79 Å². The molecule has 0 aliphatic carbocycles. The molecule has 4 heteroatoms. The molecular weight excluding hydrogens is 226 g/mol. The Morgan fingerprint density at radius 2 is 2.11 bits per heavy atom. The van der Waals surface area contributed by atoms with Crippen LogP contribution in [0.4, 0.5) is 0 Å². The van der Waals surface area contributed by atoms with Crippen LogP contribution in [0.5, 0.6) is 0 Å². The maximum atomic E-state index is 11.5. The molecule has 2 fully saturated rings. The molecule has 2 N–H and O–H groups in total. The first kappa shape index (κ1) is 13.8. The summed E-state index contributed by atoms with van der Waals surface area (Å²) in [6.45, 7) is 7.20. The number of nitrogens with zero attached hydrogens (tertiary/aromatic N) is 1.